The van der Waals surface area contributed by atoms with E-state index in [1.54, 1.807) is 32.0 Å². The minimum absolute atomic E-state index is 0.0500. The Balaban J connectivity index is 1.86. The van der Waals surface area contributed by atoms with Crippen LogP contribution in [-0.2, 0) is 14.3 Å². The second-order valence-electron chi connectivity index (χ2n) is 9.04. The number of anilines is 1. The van der Waals surface area contributed by atoms with E-state index in [1.165, 1.54) is 4.90 Å². The first-order chi connectivity index (χ1) is 18.2. The number of carbonyl (C=O) groups is 3. The second kappa shape index (κ2) is 11.2. The summed E-state index contributed by atoms with van der Waals surface area (Å²) in [5.74, 6) is -1.81. The van der Waals surface area contributed by atoms with E-state index >= 15 is 0 Å². The number of benzene rings is 2. The quantitative estimate of drug-likeness (QED) is 0.172. The Kier molecular flexibility index (Phi) is 7.97. The van der Waals surface area contributed by atoms with Gasteiger partial charge in [-0.15, -0.1) is 0 Å². The van der Waals surface area contributed by atoms with E-state index in [4.69, 9.17) is 9.47 Å². The normalized spacial score (nSPS) is 16.7. The topological polar surface area (TPSA) is 106 Å². The van der Waals surface area contributed by atoms with Crippen LogP contribution in [0.4, 0.5) is 5.13 Å². The molecule has 1 N–H and O–H groups in total. The summed E-state index contributed by atoms with van der Waals surface area (Å²) < 4.78 is 10.9. The van der Waals surface area contributed by atoms with E-state index in [1.807, 2.05) is 45.0 Å². The zero-order chi connectivity index (χ0) is 27.6. The highest BCUT2D eigenvalue weighted by atomic mass is 32.1. The Hall–Kier alpha value is -3.98. The van der Waals surface area contributed by atoms with E-state index in [0.717, 1.165) is 28.9 Å². The monoisotopic (exact) mass is 534 g/mol. The first-order valence-electron chi connectivity index (χ1n) is 12.4. The number of Topliss-reactive ketones (excluding diaryl/α,β-unsaturated/α-hetero) is 1. The summed E-state index contributed by atoms with van der Waals surface area (Å²) >= 11 is 0.980. The molecule has 0 spiro atoms. The number of aliphatic hydroxyl groups is 1. The van der Waals surface area contributed by atoms with Crippen molar-refractivity contribution in [2.75, 3.05) is 18.1 Å². The number of aryl methyl sites for hydroxylation is 3. The lowest BCUT2D eigenvalue weighted by molar-refractivity contribution is -0.132. The molecule has 1 unspecified atom stereocenters. The van der Waals surface area contributed by atoms with Gasteiger partial charge in [0.25, 0.3) is 5.78 Å². The Labute approximate surface area is 225 Å². The van der Waals surface area contributed by atoms with Gasteiger partial charge in [-0.3, -0.25) is 14.5 Å². The molecule has 9 heteroatoms. The zero-order valence-electron chi connectivity index (χ0n) is 22.0. The van der Waals surface area contributed by atoms with Crippen molar-refractivity contribution in [3.05, 3.63) is 80.9 Å². The summed E-state index contributed by atoms with van der Waals surface area (Å²) in [5, 5.41) is 11.6. The average molecular weight is 535 g/mol. The third kappa shape index (κ3) is 5.06. The largest absolute Gasteiger partial charge is 0.507 e. The number of hydrogen-bond donors (Lipinski definition) is 1. The van der Waals surface area contributed by atoms with Gasteiger partial charge in [0.05, 0.1) is 30.5 Å². The number of nitrogens with zero attached hydrogens (tertiary/aromatic N) is 2. The van der Waals surface area contributed by atoms with E-state index in [0.29, 0.717) is 29.2 Å². The molecule has 1 saturated heterocycles. The number of ether oxygens (including phenoxy) is 2. The predicted molar refractivity (Wildman–Crippen MR) is 146 cm³/mol. The molecular weight excluding hydrogens is 504 g/mol. The number of esters is 1. The molecule has 2 heterocycles. The van der Waals surface area contributed by atoms with Gasteiger partial charge in [-0.1, -0.05) is 48.1 Å². The molecule has 0 radical (unpaired) electrons. The Morgan fingerprint density at radius 3 is 2.42 bits per heavy atom. The fourth-order valence-corrected chi connectivity index (χ4v) is 5.28. The molecule has 1 aromatic heterocycles. The maximum atomic E-state index is 13.4. The van der Waals surface area contributed by atoms with Gasteiger partial charge in [-0.25, -0.2) is 9.78 Å². The predicted octanol–water partition coefficient (Wildman–Crippen LogP) is 5.66. The highest BCUT2D eigenvalue weighted by Crippen LogP contribution is 2.44. The number of amides is 1. The van der Waals surface area contributed by atoms with E-state index in [9.17, 15) is 19.5 Å². The number of rotatable bonds is 8. The van der Waals surface area contributed by atoms with E-state index < -0.39 is 23.7 Å². The highest BCUT2D eigenvalue weighted by molar-refractivity contribution is 7.17. The van der Waals surface area contributed by atoms with Crippen LogP contribution in [0.25, 0.3) is 5.76 Å². The molecule has 2 aromatic carbocycles. The molecule has 1 amide bonds. The lowest BCUT2D eigenvalue weighted by Gasteiger charge is -2.23. The van der Waals surface area contributed by atoms with Crippen molar-refractivity contribution >= 4 is 39.9 Å². The number of aliphatic hydroxyl groups excluding tert-OH is 1. The summed E-state index contributed by atoms with van der Waals surface area (Å²) in [4.78, 5) is 45.2. The third-order valence-corrected chi connectivity index (χ3v) is 7.34. The van der Waals surface area contributed by atoms with Crippen LogP contribution in [0.2, 0.25) is 0 Å². The van der Waals surface area contributed by atoms with Gasteiger partial charge in [0.1, 0.15) is 16.4 Å². The SMILES string of the molecule is CCCOc1ccc(/C(O)=C2/C(=O)C(=O)N(c3nc(C)c(C(=O)OCC)s3)C2c2ccc(C)cc2)cc1C. The fourth-order valence-electron chi connectivity index (χ4n) is 4.29. The first kappa shape index (κ1) is 27.1. The molecular formula is C29H30N2O6S. The van der Waals surface area contributed by atoms with Crippen molar-refractivity contribution in [1.29, 1.82) is 0 Å². The van der Waals surface area contributed by atoms with Crippen LogP contribution < -0.4 is 9.64 Å². The molecule has 0 bridgehead atoms. The Bertz CT molecular complexity index is 1420. The van der Waals surface area contributed by atoms with Crippen molar-refractivity contribution in [3.8, 4) is 5.75 Å². The molecule has 38 heavy (non-hydrogen) atoms. The minimum atomic E-state index is -0.937. The van der Waals surface area contributed by atoms with Crippen molar-refractivity contribution in [2.45, 2.75) is 47.1 Å². The third-order valence-electron chi connectivity index (χ3n) is 6.20. The molecule has 1 atom stereocenters. The molecule has 8 nitrogen and oxygen atoms in total. The molecule has 0 saturated carbocycles. The van der Waals surface area contributed by atoms with E-state index in [-0.39, 0.29) is 27.9 Å². The van der Waals surface area contributed by atoms with Gasteiger partial charge < -0.3 is 14.6 Å². The minimum Gasteiger partial charge on any atom is -0.507 e. The van der Waals surface area contributed by atoms with Crippen molar-refractivity contribution in [3.63, 3.8) is 0 Å². The smallest absolute Gasteiger partial charge is 0.350 e. The van der Waals surface area contributed by atoms with Gasteiger partial charge in [-0.2, -0.15) is 0 Å². The standard InChI is InChI=1S/C29H30N2O6S/c1-6-14-37-21-13-12-20(15-17(21)4)24(32)22-23(19-10-8-16(3)9-11-19)31(27(34)25(22)33)29-30-18(5)26(38-29)28(35)36-7-2/h8-13,15,23,32H,6-7,14H2,1-5H3/b24-22-. The van der Waals surface area contributed by atoms with Crippen LogP contribution in [0.3, 0.4) is 0 Å². The fraction of sp³-hybridized carbons (Fsp3) is 0.310. The van der Waals surface area contributed by atoms with Gasteiger partial charge >= 0.3 is 11.9 Å². The summed E-state index contributed by atoms with van der Waals surface area (Å²) in [5.41, 5.74) is 3.15. The van der Waals surface area contributed by atoms with Crippen LogP contribution >= 0.6 is 11.3 Å². The molecule has 1 aliphatic heterocycles. The Morgan fingerprint density at radius 1 is 1.08 bits per heavy atom. The molecule has 3 aromatic rings. The zero-order valence-corrected chi connectivity index (χ0v) is 22.8. The van der Waals surface area contributed by atoms with Crippen LogP contribution in [0.15, 0.2) is 48.0 Å². The van der Waals surface area contributed by atoms with Gasteiger partial charge in [0.15, 0.2) is 5.13 Å². The summed E-state index contributed by atoms with van der Waals surface area (Å²) in [6.07, 6.45) is 0.856. The van der Waals surface area contributed by atoms with Crippen molar-refractivity contribution in [2.24, 2.45) is 0 Å². The maximum absolute atomic E-state index is 13.4. The van der Waals surface area contributed by atoms with Gasteiger partial charge in [0, 0.05) is 5.56 Å². The molecule has 1 aliphatic rings. The van der Waals surface area contributed by atoms with Gasteiger partial charge in [0.2, 0.25) is 0 Å². The molecule has 1 fully saturated rings. The molecule has 198 valence electrons. The number of thiazole rings is 1. The Morgan fingerprint density at radius 2 is 1.79 bits per heavy atom. The van der Waals surface area contributed by atoms with Crippen molar-refractivity contribution < 1.29 is 29.0 Å². The van der Waals surface area contributed by atoms with E-state index in [2.05, 4.69) is 4.98 Å². The van der Waals surface area contributed by atoms with Crippen LogP contribution in [0.5, 0.6) is 5.75 Å². The second-order valence-corrected chi connectivity index (χ2v) is 10.0. The lowest BCUT2D eigenvalue weighted by Crippen LogP contribution is -2.29. The lowest BCUT2D eigenvalue weighted by atomic mass is 9.94. The average Bonchev–Trinajstić information content (AvgIpc) is 3.40. The first-order valence-corrected chi connectivity index (χ1v) is 13.2. The van der Waals surface area contributed by atoms with Crippen LogP contribution in [-0.4, -0.2) is 41.0 Å². The summed E-state index contributed by atoms with van der Waals surface area (Å²) in [6, 6.07) is 11.6. The number of ketones is 1. The van der Waals surface area contributed by atoms with Gasteiger partial charge in [-0.05, 0) is 63.4 Å². The number of carbonyl (C=O) groups excluding carboxylic acids is 3. The number of hydrogen-bond acceptors (Lipinski definition) is 8. The molecule has 0 aliphatic carbocycles. The maximum Gasteiger partial charge on any atom is 0.350 e. The summed E-state index contributed by atoms with van der Waals surface area (Å²) in [7, 11) is 0. The summed E-state index contributed by atoms with van der Waals surface area (Å²) in [6.45, 7) is 9.91. The molecule has 4 rings (SSSR count). The van der Waals surface area contributed by atoms with Crippen LogP contribution in [0, 0.1) is 20.8 Å². The number of aromatic nitrogens is 1. The van der Waals surface area contributed by atoms with Crippen LogP contribution in [0.1, 0.15) is 63.9 Å². The highest BCUT2D eigenvalue weighted by Gasteiger charge is 2.48. The van der Waals surface area contributed by atoms with Crippen molar-refractivity contribution in [1.82, 2.24) is 4.98 Å².